The van der Waals surface area contributed by atoms with Gasteiger partial charge in [0, 0.05) is 18.2 Å². The highest BCUT2D eigenvalue weighted by Gasteiger charge is 2.24. The molecule has 0 saturated heterocycles. The lowest BCUT2D eigenvalue weighted by Gasteiger charge is -2.23. The first kappa shape index (κ1) is 13.2. The number of hydrazine groups is 1. The smallest absolute Gasteiger partial charge is 0.132 e. The standard InChI is InChI=1S/C15H13ClF2N2/c16-12-2-1-3-13(18)15(12)10-4-5-14-11(8-10)9-19-20(14)7-6-17/h1-5,9,19H,6-8H2. The van der Waals surface area contributed by atoms with Crippen LogP contribution in [0.2, 0.25) is 5.02 Å². The van der Waals surface area contributed by atoms with E-state index in [0.29, 0.717) is 17.0 Å². The van der Waals surface area contributed by atoms with Gasteiger partial charge in [-0.25, -0.2) is 8.78 Å². The van der Waals surface area contributed by atoms with E-state index in [1.807, 2.05) is 18.4 Å². The van der Waals surface area contributed by atoms with E-state index in [2.05, 4.69) is 5.43 Å². The van der Waals surface area contributed by atoms with Gasteiger partial charge in [0.1, 0.15) is 12.5 Å². The van der Waals surface area contributed by atoms with Crippen LogP contribution in [0.5, 0.6) is 0 Å². The fraction of sp³-hybridized carbons (Fsp3) is 0.200. The third-order valence-electron chi connectivity index (χ3n) is 3.43. The van der Waals surface area contributed by atoms with E-state index in [4.69, 9.17) is 11.6 Å². The van der Waals surface area contributed by atoms with Crippen molar-refractivity contribution < 1.29 is 8.78 Å². The number of nitrogens with zero attached hydrogens (tertiary/aromatic N) is 1. The van der Waals surface area contributed by atoms with Gasteiger partial charge in [0.2, 0.25) is 0 Å². The Morgan fingerprint density at radius 2 is 2.10 bits per heavy atom. The lowest BCUT2D eigenvalue weighted by molar-refractivity contribution is 0.277. The number of rotatable bonds is 3. The minimum atomic E-state index is -0.429. The minimum Gasteiger partial charge on any atom is -0.305 e. The number of alkyl halides is 1. The molecule has 0 spiro atoms. The van der Waals surface area contributed by atoms with Crippen LogP contribution in [-0.4, -0.2) is 18.2 Å². The summed E-state index contributed by atoms with van der Waals surface area (Å²) in [5, 5.41) is 2.14. The van der Waals surface area contributed by atoms with Crippen molar-refractivity contribution >= 4 is 17.2 Å². The monoisotopic (exact) mass is 294 g/mol. The molecule has 0 bridgehead atoms. The number of allylic oxidation sites excluding steroid dienone is 4. The highest BCUT2D eigenvalue weighted by Crippen LogP contribution is 2.37. The Labute approximate surface area is 121 Å². The van der Waals surface area contributed by atoms with Crippen LogP contribution in [0.3, 0.4) is 0 Å². The highest BCUT2D eigenvalue weighted by molar-refractivity contribution is 6.32. The van der Waals surface area contributed by atoms with Gasteiger partial charge in [0.05, 0.1) is 17.3 Å². The molecule has 2 nitrogen and oxygen atoms in total. The normalized spacial score (nSPS) is 17.1. The molecule has 1 N–H and O–H groups in total. The Balaban J connectivity index is 1.95. The van der Waals surface area contributed by atoms with Crippen LogP contribution in [0, 0.1) is 5.82 Å². The van der Waals surface area contributed by atoms with Gasteiger partial charge in [-0.15, -0.1) is 0 Å². The number of hydrogen-bond donors (Lipinski definition) is 1. The molecule has 1 aliphatic heterocycles. The second kappa shape index (κ2) is 5.29. The van der Waals surface area contributed by atoms with Crippen LogP contribution < -0.4 is 5.43 Å². The molecule has 3 rings (SSSR count). The van der Waals surface area contributed by atoms with Crippen LogP contribution >= 0.6 is 11.6 Å². The maximum absolute atomic E-state index is 13.9. The highest BCUT2D eigenvalue weighted by atomic mass is 35.5. The minimum absolute atomic E-state index is 0.287. The zero-order chi connectivity index (χ0) is 14.1. The fourth-order valence-electron chi connectivity index (χ4n) is 2.50. The topological polar surface area (TPSA) is 15.3 Å². The molecule has 0 fully saturated rings. The first-order valence-electron chi connectivity index (χ1n) is 6.35. The van der Waals surface area contributed by atoms with Crippen molar-refractivity contribution in [2.24, 2.45) is 0 Å². The summed E-state index contributed by atoms with van der Waals surface area (Å²) in [4.78, 5) is 0. The average Bonchev–Trinajstić information content (AvgIpc) is 2.82. The fourth-order valence-corrected chi connectivity index (χ4v) is 2.79. The number of benzene rings is 1. The molecule has 1 aromatic rings. The van der Waals surface area contributed by atoms with Crippen LogP contribution in [0.25, 0.3) is 5.57 Å². The summed E-state index contributed by atoms with van der Waals surface area (Å²) in [6.07, 6.45) is 6.10. The van der Waals surface area contributed by atoms with Crippen molar-refractivity contribution in [2.75, 3.05) is 13.2 Å². The molecule has 0 atom stereocenters. The summed E-state index contributed by atoms with van der Waals surface area (Å²) in [7, 11) is 0. The van der Waals surface area contributed by atoms with Gasteiger partial charge in [-0.2, -0.15) is 0 Å². The Bertz CT molecular complexity index is 615. The van der Waals surface area contributed by atoms with E-state index >= 15 is 0 Å². The summed E-state index contributed by atoms with van der Waals surface area (Å²) < 4.78 is 26.4. The Morgan fingerprint density at radius 3 is 2.85 bits per heavy atom. The number of nitrogens with one attached hydrogen (secondary N) is 1. The molecule has 0 radical (unpaired) electrons. The molecular weight excluding hydrogens is 282 g/mol. The Morgan fingerprint density at radius 1 is 1.25 bits per heavy atom. The van der Waals surface area contributed by atoms with Crippen molar-refractivity contribution in [3.63, 3.8) is 0 Å². The molecule has 104 valence electrons. The molecule has 0 aromatic heterocycles. The molecule has 5 heteroatoms. The molecule has 1 heterocycles. The molecule has 0 saturated carbocycles. The summed E-state index contributed by atoms with van der Waals surface area (Å²) in [5.41, 5.74) is 6.21. The van der Waals surface area contributed by atoms with Crippen LogP contribution in [-0.2, 0) is 0 Å². The van der Waals surface area contributed by atoms with Crippen LogP contribution in [0.4, 0.5) is 8.78 Å². The van der Waals surface area contributed by atoms with E-state index in [0.717, 1.165) is 16.8 Å². The second-order valence-electron chi connectivity index (χ2n) is 4.66. The zero-order valence-corrected chi connectivity index (χ0v) is 11.4. The lowest BCUT2D eigenvalue weighted by Crippen LogP contribution is -2.31. The van der Waals surface area contributed by atoms with E-state index in [-0.39, 0.29) is 12.4 Å². The van der Waals surface area contributed by atoms with E-state index in [1.54, 1.807) is 17.1 Å². The van der Waals surface area contributed by atoms with Crippen molar-refractivity contribution in [1.29, 1.82) is 0 Å². The van der Waals surface area contributed by atoms with Gasteiger partial charge in [-0.3, -0.25) is 5.01 Å². The van der Waals surface area contributed by atoms with Crippen molar-refractivity contribution in [1.82, 2.24) is 10.4 Å². The van der Waals surface area contributed by atoms with Gasteiger partial charge in [0.15, 0.2) is 0 Å². The second-order valence-corrected chi connectivity index (χ2v) is 5.06. The van der Waals surface area contributed by atoms with E-state index in [9.17, 15) is 8.78 Å². The number of halogens is 3. The van der Waals surface area contributed by atoms with Gasteiger partial charge < -0.3 is 5.43 Å². The largest absolute Gasteiger partial charge is 0.305 e. The molecular formula is C15H13ClF2N2. The van der Waals surface area contributed by atoms with Gasteiger partial charge in [-0.1, -0.05) is 23.7 Å². The summed E-state index contributed by atoms with van der Waals surface area (Å²) in [6, 6.07) is 4.67. The molecule has 2 aliphatic rings. The maximum Gasteiger partial charge on any atom is 0.132 e. The number of fused-ring (bicyclic) bond motifs is 1. The Hall–Kier alpha value is -1.81. The summed E-state index contributed by atoms with van der Waals surface area (Å²) in [6.45, 7) is -0.142. The Kier molecular flexibility index (Phi) is 3.49. The summed E-state index contributed by atoms with van der Waals surface area (Å²) >= 11 is 6.09. The molecule has 0 unspecified atom stereocenters. The predicted octanol–water partition coefficient (Wildman–Crippen LogP) is 3.82. The molecule has 20 heavy (non-hydrogen) atoms. The number of hydrogen-bond acceptors (Lipinski definition) is 2. The van der Waals surface area contributed by atoms with Gasteiger partial charge in [-0.05, 0) is 29.4 Å². The average molecular weight is 295 g/mol. The predicted molar refractivity (Wildman–Crippen MR) is 76.0 cm³/mol. The van der Waals surface area contributed by atoms with Crippen molar-refractivity contribution in [3.05, 3.63) is 64.2 Å². The summed E-state index contributed by atoms with van der Waals surface area (Å²) in [5.74, 6) is -0.326. The first-order chi connectivity index (χ1) is 9.70. The maximum atomic E-state index is 13.9. The van der Waals surface area contributed by atoms with Crippen LogP contribution in [0.15, 0.2) is 47.8 Å². The third kappa shape index (κ3) is 2.20. The van der Waals surface area contributed by atoms with Crippen LogP contribution in [0.1, 0.15) is 12.0 Å². The van der Waals surface area contributed by atoms with Gasteiger partial charge in [0.25, 0.3) is 0 Å². The quantitative estimate of drug-likeness (QED) is 0.911. The van der Waals surface area contributed by atoms with Crippen molar-refractivity contribution in [2.45, 2.75) is 6.42 Å². The third-order valence-corrected chi connectivity index (χ3v) is 3.74. The molecule has 1 aromatic carbocycles. The van der Waals surface area contributed by atoms with Crippen molar-refractivity contribution in [3.8, 4) is 0 Å². The molecule has 1 aliphatic carbocycles. The van der Waals surface area contributed by atoms with E-state index in [1.165, 1.54) is 6.07 Å². The van der Waals surface area contributed by atoms with Gasteiger partial charge >= 0.3 is 0 Å². The lowest BCUT2D eigenvalue weighted by atomic mass is 9.92. The SMILES string of the molecule is FCCN1NC=C2CC(c3c(F)cccc3Cl)=CC=C21. The zero-order valence-electron chi connectivity index (χ0n) is 10.7. The molecule has 0 amide bonds. The first-order valence-corrected chi connectivity index (χ1v) is 6.73. The van der Waals surface area contributed by atoms with E-state index < -0.39 is 6.67 Å².